The van der Waals surface area contributed by atoms with Gasteiger partial charge in [-0.15, -0.1) is 11.3 Å². The molecule has 0 unspecified atom stereocenters. The molecule has 0 spiro atoms. The first-order chi connectivity index (χ1) is 11.6. The predicted octanol–water partition coefficient (Wildman–Crippen LogP) is 1.28. The topological polar surface area (TPSA) is 134 Å². The number of carboxylic acids is 1. The largest absolute Gasteiger partial charge is 0.477 e. The van der Waals surface area contributed by atoms with Crippen LogP contribution in [0.3, 0.4) is 0 Å². The molecule has 0 bridgehead atoms. The minimum Gasteiger partial charge on any atom is -0.477 e. The molecule has 12 heteroatoms. The maximum absolute atomic E-state index is 12.5. The lowest BCUT2D eigenvalue weighted by molar-refractivity contribution is -0.139. The Morgan fingerprint density at radius 2 is 2.00 bits per heavy atom. The molecule has 0 saturated carbocycles. The minimum atomic E-state index is -4.58. The van der Waals surface area contributed by atoms with Crippen molar-refractivity contribution in [1.82, 2.24) is 9.29 Å². The summed E-state index contributed by atoms with van der Waals surface area (Å²) >= 11 is 6.20. The van der Waals surface area contributed by atoms with Gasteiger partial charge in [0.05, 0.1) is 4.34 Å². The van der Waals surface area contributed by atoms with Crippen molar-refractivity contribution < 1.29 is 27.9 Å². The summed E-state index contributed by atoms with van der Waals surface area (Å²) in [6.45, 7) is 0. The highest BCUT2D eigenvalue weighted by Crippen LogP contribution is 2.31. The van der Waals surface area contributed by atoms with Crippen molar-refractivity contribution in [1.29, 1.82) is 0 Å². The monoisotopic (exact) mass is 403 g/mol. The number of carbonyl (C=O) groups excluding carboxylic acids is 2. The van der Waals surface area contributed by atoms with Gasteiger partial charge in [0.1, 0.15) is 15.6 Å². The fourth-order valence-corrected chi connectivity index (χ4v) is 4.42. The lowest BCUT2D eigenvalue weighted by Gasteiger charge is -2.16. The number of rotatable bonds is 4. The minimum absolute atomic E-state index is 0.0523. The van der Waals surface area contributed by atoms with Crippen LogP contribution >= 0.6 is 22.9 Å². The van der Waals surface area contributed by atoms with Crippen LogP contribution in [0.4, 0.5) is 5.82 Å². The van der Waals surface area contributed by atoms with Crippen LogP contribution in [-0.2, 0) is 19.6 Å². The molecule has 0 aliphatic heterocycles. The zero-order valence-electron chi connectivity index (χ0n) is 12.5. The Labute approximate surface area is 150 Å². The molecule has 2 aromatic rings. The lowest BCUT2D eigenvalue weighted by atomic mass is 10.4. The molecule has 0 aliphatic carbocycles. The van der Waals surface area contributed by atoms with Crippen LogP contribution in [0.2, 0.25) is 4.34 Å². The molecule has 2 rings (SSSR count). The molecular formula is C13H10ClN3O6S2. The number of nitrogens with one attached hydrogen (secondary N) is 1. The molecule has 25 heavy (non-hydrogen) atoms. The summed E-state index contributed by atoms with van der Waals surface area (Å²) in [5.74, 6) is -4.13. The van der Waals surface area contributed by atoms with E-state index in [4.69, 9.17) is 16.7 Å². The molecule has 0 radical (unpaired) electrons. The Hall–Kier alpha value is -2.50. The molecule has 9 nitrogen and oxygen atoms in total. The first kappa shape index (κ1) is 18.8. The molecule has 2 N–H and O–H groups in total. The Kier molecular flexibility index (Phi) is 5.40. The maximum Gasteiger partial charge on any atom is 0.347 e. The summed E-state index contributed by atoms with van der Waals surface area (Å²) in [6, 6.07) is 5.45. The van der Waals surface area contributed by atoms with Crippen molar-refractivity contribution in [2.75, 3.05) is 12.4 Å². The van der Waals surface area contributed by atoms with Crippen LogP contribution < -0.4 is 5.32 Å². The van der Waals surface area contributed by atoms with Gasteiger partial charge < -0.3 is 10.4 Å². The van der Waals surface area contributed by atoms with Crippen LogP contribution in [0.25, 0.3) is 0 Å². The van der Waals surface area contributed by atoms with Crippen molar-refractivity contribution in [3.63, 3.8) is 0 Å². The van der Waals surface area contributed by atoms with E-state index in [1.165, 1.54) is 12.3 Å². The zero-order chi connectivity index (χ0) is 18.8. The molecule has 0 aromatic carbocycles. The van der Waals surface area contributed by atoms with E-state index in [1.807, 2.05) is 0 Å². The number of halogens is 1. The molecular weight excluding hydrogens is 394 g/mol. The van der Waals surface area contributed by atoms with Gasteiger partial charge in [-0.05, 0) is 18.2 Å². The molecule has 0 fully saturated rings. The van der Waals surface area contributed by atoms with Gasteiger partial charge in [-0.1, -0.05) is 17.7 Å². The fraction of sp³-hybridized carbons (Fsp3) is 0.0769. The second kappa shape index (κ2) is 7.17. The van der Waals surface area contributed by atoms with Crippen molar-refractivity contribution >= 4 is 56.6 Å². The number of aromatic nitrogens is 1. The third kappa shape index (κ3) is 3.95. The van der Waals surface area contributed by atoms with Crippen molar-refractivity contribution in [2.24, 2.45) is 0 Å². The average molecular weight is 404 g/mol. The SMILES string of the molecule is CN(C(=O)C(=O)Nc1ccccn1)S(=O)(=O)c1cc(Cl)sc1C(=O)O. The van der Waals surface area contributed by atoms with Gasteiger partial charge in [0.2, 0.25) is 0 Å². The summed E-state index contributed by atoms with van der Waals surface area (Å²) in [5.41, 5.74) is 0. The number of anilines is 1. The number of sulfonamides is 1. The van der Waals surface area contributed by atoms with E-state index in [-0.39, 0.29) is 14.5 Å². The molecule has 0 saturated heterocycles. The van der Waals surface area contributed by atoms with Crippen molar-refractivity contribution in [3.05, 3.63) is 39.7 Å². The van der Waals surface area contributed by atoms with Crippen LogP contribution in [0, 0.1) is 0 Å². The number of pyridine rings is 1. The maximum atomic E-state index is 12.5. The van der Waals surface area contributed by atoms with Crippen molar-refractivity contribution in [3.8, 4) is 0 Å². The van der Waals surface area contributed by atoms with Gasteiger partial charge in [0.15, 0.2) is 0 Å². The molecule has 2 aromatic heterocycles. The highest BCUT2D eigenvalue weighted by Gasteiger charge is 2.34. The standard InChI is InChI=1S/C13H10ClN3O6S2/c1-17(12(19)11(18)16-9-4-2-3-5-15-9)25(22,23)7-6-8(14)24-10(7)13(20)21/h2-6H,1H3,(H,20,21)(H,15,16,18). The Bertz CT molecular complexity index is 942. The normalized spacial score (nSPS) is 11.0. The molecule has 0 atom stereocenters. The number of thiophene rings is 1. The van der Waals surface area contributed by atoms with Gasteiger partial charge in [-0.3, -0.25) is 9.59 Å². The van der Waals surface area contributed by atoms with Gasteiger partial charge >= 0.3 is 17.8 Å². The Balaban J connectivity index is 2.29. The predicted molar refractivity (Wildman–Crippen MR) is 89.1 cm³/mol. The van der Waals surface area contributed by atoms with Crippen molar-refractivity contribution in [2.45, 2.75) is 4.90 Å². The number of hydrogen-bond acceptors (Lipinski definition) is 7. The number of amides is 2. The highest BCUT2D eigenvalue weighted by molar-refractivity contribution is 7.90. The number of hydrogen-bond donors (Lipinski definition) is 2. The number of carbonyl (C=O) groups is 3. The summed E-state index contributed by atoms with van der Waals surface area (Å²) in [4.78, 5) is 37.7. The Morgan fingerprint density at radius 3 is 2.56 bits per heavy atom. The third-order valence-corrected chi connectivity index (χ3v) is 6.03. The summed E-state index contributed by atoms with van der Waals surface area (Å²) in [6.07, 6.45) is 1.37. The van der Waals surface area contributed by atoms with Gasteiger partial charge in [-0.2, -0.15) is 0 Å². The number of aromatic carboxylic acids is 1. The van der Waals surface area contributed by atoms with Gasteiger partial charge in [0, 0.05) is 13.2 Å². The molecule has 132 valence electrons. The van der Waals surface area contributed by atoms with E-state index in [0.29, 0.717) is 11.3 Å². The molecule has 0 aliphatic rings. The first-order valence-electron chi connectivity index (χ1n) is 6.42. The third-order valence-electron chi connectivity index (χ3n) is 2.89. The second-order valence-electron chi connectivity index (χ2n) is 4.50. The van der Waals surface area contributed by atoms with Crippen LogP contribution in [0.15, 0.2) is 35.4 Å². The van der Waals surface area contributed by atoms with E-state index in [2.05, 4.69) is 10.3 Å². The smallest absolute Gasteiger partial charge is 0.347 e. The fourth-order valence-electron chi connectivity index (χ4n) is 1.69. The van der Waals surface area contributed by atoms with Gasteiger partial charge in [0.25, 0.3) is 10.0 Å². The first-order valence-corrected chi connectivity index (χ1v) is 9.06. The summed E-state index contributed by atoms with van der Waals surface area (Å²) in [7, 11) is -3.74. The van der Waals surface area contributed by atoms with Crippen LogP contribution in [-0.4, -0.2) is 47.6 Å². The zero-order valence-corrected chi connectivity index (χ0v) is 14.9. The number of carboxylic acid groups (broad SMARTS) is 1. The van der Waals surface area contributed by atoms with E-state index in [1.54, 1.807) is 12.1 Å². The second-order valence-corrected chi connectivity index (χ2v) is 8.12. The lowest BCUT2D eigenvalue weighted by Crippen LogP contribution is -2.41. The summed E-state index contributed by atoms with van der Waals surface area (Å²) < 4.78 is 25.0. The van der Waals surface area contributed by atoms with E-state index in [9.17, 15) is 22.8 Å². The quantitative estimate of drug-likeness (QED) is 0.734. The van der Waals surface area contributed by atoms with Crippen LogP contribution in [0.1, 0.15) is 9.67 Å². The number of likely N-dealkylation sites (N-methyl/N-ethyl adjacent to an activating group) is 1. The van der Waals surface area contributed by atoms with E-state index >= 15 is 0 Å². The average Bonchev–Trinajstić information content (AvgIpc) is 2.97. The number of nitrogens with zero attached hydrogens (tertiary/aromatic N) is 2. The van der Waals surface area contributed by atoms with Crippen LogP contribution in [0.5, 0.6) is 0 Å². The summed E-state index contributed by atoms with van der Waals surface area (Å²) in [5, 5.41) is 11.2. The highest BCUT2D eigenvalue weighted by atomic mass is 35.5. The molecule has 2 heterocycles. The van der Waals surface area contributed by atoms with E-state index in [0.717, 1.165) is 13.1 Å². The van der Waals surface area contributed by atoms with E-state index < -0.39 is 37.6 Å². The Morgan fingerprint density at radius 1 is 1.32 bits per heavy atom. The van der Waals surface area contributed by atoms with Gasteiger partial charge in [-0.25, -0.2) is 22.5 Å². The molecule has 2 amide bonds.